The number of hydrogen-bond acceptors (Lipinski definition) is 4. The van der Waals surface area contributed by atoms with Gasteiger partial charge in [0.1, 0.15) is 0 Å². The van der Waals surface area contributed by atoms with E-state index in [0.717, 1.165) is 19.3 Å². The van der Waals surface area contributed by atoms with Crippen LogP contribution in [0.5, 0.6) is 0 Å². The fraction of sp³-hybridized carbons (Fsp3) is 0.400. The molecule has 0 aliphatic rings. The van der Waals surface area contributed by atoms with Crippen molar-refractivity contribution in [2.75, 3.05) is 0 Å². The molecule has 0 atom stereocenters. The Hall–Kier alpha value is 0.130. The van der Waals surface area contributed by atoms with E-state index in [1.54, 1.807) is 12.1 Å². The predicted octanol–water partition coefficient (Wildman–Crippen LogP) is -0.475. The molecular weight excluding hydrogens is 223 g/mol. The van der Waals surface area contributed by atoms with Crippen molar-refractivity contribution in [3.8, 4) is 0 Å². The monoisotopic (exact) mass is 237 g/mol. The minimum Gasteiger partial charge on any atom is -0.870 e. The van der Waals surface area contributed by atoms with E-state index in [0.29, 0.717) is 4.90 Å². The topological polar surface area (TPSA) is 64.1 Å². The van der Waals surface area contributed by atoms with E-state index in [2.05, 4.69) is 6.92 Å². The van der Waals surface area contributed by atoms with Crippen molar-refractivity contribution < 1.29 is 43.5 Å². The average Bonchev–Trinajstić information content (AvgIpc) is 2.15. The molecule has 3 nitrogen and oxygen atoms in total. The first kappa shape index (κ1) is 17.5. The Bertz CT molecular complexity index is 325. The second-order valence-electron chi connectivity index (χ2n) is 2.98. The van der Waals surface area contributed by atoms with Gasteiger partial charge >= 0.3 is 29.6 Å². The summed E-state index contributed by atoms with van der Waals surface area (Å²) in [6.07, 6.45) is 3.34. The summed E-state index contributed by atoms with van der Waals surface area (Å²) in [5, 5.41) is 0. The molecule has 0 aliphatic carbocycles. The van der Waals surface area contributed by atoms with Crippen molar-refractivity contribution in [1.29, 1.82) is 0 Å². The van der Waals surface area contributed by atoms with Crippen molar-refractivity contribution in [2.45, 2.75) is 31.1 Å². The summed E-state index contributed by atoms with van der Waals surface area (Å²) in [5.41, 5.74) is 1.20. The van der Waals surface area contributed by atoms with Crippen molar-refractivity contribution in [1.82, 2.24) is 0 Å². The Kier molecular flexibility index (Phi) is 10.9. The molecule has 1 aromatic carbocycles. The third-order valence-electron chi connectivity index (χ3n) is 1.93. The minimum absolute atomic E-state index is 0. The number of hydrogen-bond donors (Lipinski definition) is 0. The zero-order valence-electron chi connectivity index (χ0n) is 9.10. The van der Waals surface area contributed by atoms with Crippen LogP contribution in [0.25, 0.3) is 0 Å². The molecular formula is C10H14NaO3S-. The van der Waals surface area contributed by atoms with Gasteiger partial charge in [-0.25, -0.2) is 0 Å². The van der Waals surface area contributed by atoms with E-state index < -0.39 is 10.7 Å². The SMILES string of the molecule is CCCCc1ccc([S-](=O)=O)cc1.[Na+].[OH-]. The third kappa shape index (κ3) is 6.33. The number of unbranched alkanes of at least 4 members (excludes halogenated alkanes) is 1. The number of aryl methyl sites for hydroxylation is 1. The zero-order valence-corrected chi connectivity index (χ0v) is 11.9. The summed E-state index contributed by atoms with van der Waals surface area (Å²) in [5.74, 6) is 0. The molecule has 0 unspecified atom stereocenters. The second-order valence-corrected chi connectivity index (χ2v) is 3.92. The maximum atomic E-state index is 10.5. The number of benzene rings is 1. The van der Waals surface area contributed by atoms with Crippen LogP contribution in [0.2, 0.25) is 0 Å². The molecule has 0 bridgehead atoms. The van der Waals surface area contributed by atoms with Gasteiger partial charge in [-0.3, -0.25) is 0 Å². The van der Waals surface area contributed by atoms with Gasteiger partial charge in [0, 0.05) is 0 Å². The number of rotatable bonds is 4. The van der Waals surface area contributed by atoms with E-state index in [9.17, 15) is 8.42 Å². The quantitative estimate of drug-likeness (QED) is 0.525. The van der Waals surface area contributed by atoms with Gasteiger partial charge in [0.15, 0.2) is 0 Å². The van der Waals surface area contributed by atoms with Crippen LogP contribution in [-0.2, 0) is 25.5 Å². The standard InChI is InChI=1S/C10H13O2S.Na.H2O/c1-2-3-4-9-5-7-10(8-6-9)13(11)12;;/h5-8H,2-4H2,1H3;;1H2/q-1;+1;/p-1. The molecule has 1 rings (SSSR count). The summed E-state index contributed by atoms with van der Waals surface area (Å²) in [6.45, 7) is 2.14. The Morgan fingerprint density at radius 1 is 1.13 bits per heavy atom. The molecule has 1 N–H and O–H groups in total. The van der Waals surface area contributed by atoms with Crippen LogP contribution < -0.4 is 29.6 Å². The largest absolute Gasteiger partial charge is 1.00 e. The Morgan fingerprint density at radius 3 is 2.07 bits per heavy atom. The van der Waals surface area contributed by atoms with E-state index in [-0.39, 0.29) is 35.0 Å². The molecule has 15 heavy (non-hydrogen) atoms. The molecule has 0 aliphatic heterocycles. The second kappa shape index (κ2) is 9.36. The first-order valence-electron chi connectivity index (χ1n) is 4.42. The maximum Gasteiger partial charge on any atom is 1.00 e. The molecule has 0 spiro atoms. The van der Waals surface area contributed by atoms with Crippen LogP contribution >= 0.6 is 0 Å². The summed E-state index contributed by atoms with van der Waals surface area (Å²) in [4.78, 5) is 0.361. The first-order chi connectivity index (χ1) is 6.24. The molecule has 0 aromatic heterocycles. The van der Waals surface area contributed by atoms with Gasteiger partial charge in [-0.15, -0.1) is 0 Å². The van der Waals surface area contributed by atoms with Gasteiger partial charge in [0.25, 0.3) is 0 Å². The van der Waals surface area contributed by atoms with E-state index in [1.165, 1.54) is 5.56 Å². The zero-order chi connectivity index (χ0) is 9.68. The van der Waals surface area contributed by atoms with Gasteiger partial charge in [0.05, 0.1) is 0 Å². The first-order valence-corrected chi connectivity index (χ1v) is 5.49. The Labute approximate surface area is 114 Å². The van der Waals surface area contributed by atoms with E-state index >= 15 is 0 Å². The van der Waals surface area contributed by atoms with E-state index in [1.807, 2.05) is 12.1 Å². The molecule has 0 amide bonds. The van der Waals surface area contributed by atoms with Crippen LogP contribution in [0.4, 0.5) is 0 Å². The molecule has 0 saturated heterocycles. The molecule has 1 aromatic rings. The van der Waals surface area contributed by atoms with Crippen LogP contribution in [0.1, 0.15) is 25.3 Å². The molecule has 0 radical (unpaired) electrons. The van der Waals surface area contributed by atoms with Crippen LogP contribution in [-0.4, -0.2) is 5.48 Å². The molecule has 80 valence electrons. The van der Waals surface area contributed by atoms with Gasteiger partial charge in [0.2, 0.25) is 0 Å². The van der Waals surface area contributed by atoms with Crippen molar-refractivity contribution >= 4 is 10.7 Å². The normalized spacial score (nSPS) is 9.20. The van der Waals surface area contributed by atoms with Crippen LogP contribution in [0, 0.1) is 0 Å². The van der Waals surface area contributed by atoms with Crippen molar-refractivity contribution in [2.24, 2.45) is 0 Å². The summed E-state index contributed by atoms with van der Waals surface area (Å²) in [6, 6.07) is 7.05. The fourth-order valence-corrected chi connectivity index (χ4v) is 1.51. The Morgan fingerprint density at radius 2 is 1.67 bits per heavy atom. The Balaban J connectivity index is 0. The fourth-order valence-electron chi connectivity index (χ4n) is 1.15. The summed E-state index contributed by atoms with van der Waals surface area (Å²) < 4.78 is 21.1. The van der Waals surface area contributed by atoms with Crippen LogP contribution in [0.3, 0.4) is 0 Å². The van der Waals surface area contributed by atoms with Gasteiger partial charge in [-0.1, -0.05) is 42.5 Å². The minimum atomic E-state index is -2.09. The average molecular weight is 237 g/mol. The third-order valence-corrected chi connectivity index (χ3v) is 2.59. The predicted molar refractivity (Wildman–Crippen MR) is 54.0 cm³/mol. The van der Waals surface area contributed by atoms with Crippen LogP contribution in [0.15, 0.2) is 29.2 Å². The summed E-state index contributed by atoms with van der Waals surface area (Å²) in [7, 11) is -2.09. The van der Waals surface area contributed by atoms with Crippen molar-refractivity contribution in [3.05, 3.63) is 29.8 Å². The maximum absolute atomic E-state index is 10.5. The van der Waals surface area contributed by atoms with Gasteiger partial charge < -0.3 is 13.9 Å². The van der Waals surface area contributed by atoms with Gasteiger partial charge in [-0.2, -0.15) is 0 Å². The molecule has 5 heteroatoms. The molecule has 0 saturated carbocycles. The molecule has 0 fully saturated rings. The molecule has 0 heterocycles. The van der Waals surface area contributed by atoms with E-state index in [4.69, 9.17) is 0 Å². The van der Waals surface area contributed by atoms with Gasteiger partial charge in [-0.05, 0) is 29.1 Å². The van der Waals surface area contributed by atoms with Crippen molar-refractivity contribution in [3.63, 3.8) is 0 Å². The smallest absolute Gasteiger partial charge is 0.870 e. The summed E-state index contributed by atoms with van der Waals surface area (Å²) >= 11 is 0.